The van der Waals surface area contributed by atoms with Crippen molar-refractivity contribution in [2.45, 2.75) is 51.6 Å². The maximum absolute atomic E-state index is 9.57. The van der Waals surface area contributed by atoms with Crippen LogP contribution in [-0.2, 0) is 0 Å². The quantitative estimate of drug-likeness (QED) is 0.452. The van der Waals surface area contributed by atoms with Crippen LogP contribution in [0.25, 0.3) is 0 Å². The molecule has 0 spiro atoms. The molecule has 1 aliphatic rings. The monoisotopic (exact) mass is 296 g/mol. The molecule has 1 aliphatic carbocycles. The van der Waals surface area contributed by atoms with Gasteiger partial charge in [-0.15, -0.1) is 0 Å². The summed E-state index contributed by atoms with van der Waals surface area (Å²) < 4.78 is 1.30. The maximum atomic E-state index is 9.57. The molecule has 1 fully saturated rings. The van der Waals surface area contributed by atoms with E-state index in [0.717, 1.165) is 12.3 Å². The molecule has 0 aliphatic heterocycles. The van der Waals surface area contributed by atoms with Crippen molar-refractivity contribution in [3.05, 3.63) is 0 Å². The molecule has 0 aromatic heterocycles. The zero-order valence-electron chi connectivity index (χ0n) is 8.51. The molecule has 0 amide bonds. The molecule has 1 saturated carbocycles. The average molecular weight is 296 g/mol. The lowest BCUT2D eigenvalue weighted by molar-refractivity contribution is 0.0221. The minimum atomic E-state index is -0.0131. The van der Waals surface area contributed by atoms with E-state index in [-0.39, 0.29) is 6.10 Å². The van der Waals surface area contributed by atoms with Crippen LogP contribution in [0.5, 0.6) is 0 Å². The Bertz CT molecular complexity index is 132. The molecular formula is C11H21IO. The van der Waals surface area contributed by atoms with Gasteiger partial charge in [0.1, 0.15) is 0 Å². The Morgan fingerprint density at radius 1 is 1.38 bits per heavy atom. The number of unbranched alkanes of at least 4 members (excludes halogenated alkanes) is 1. The number of aliphatic hydroxyl groups excluding tert-OH is 1. The van der Waals surface area contributed by atoms with Gasteiger partial charge in [0.05, 0.1) is 6.10 Å². The zero-order valence-corrected chi connectivity index (χ0v) is 10.7. The zero-order chi connectivity index (χ0) is 9.68. The van der Waals surface area contributed by atoms with Crippen LogP contribution in [-0.4, -0.2) is 15.6 Å². The molecule has 0 bridgehead atoms. The van der Waals surface area contributed by atoms with Gasteiger partial charge < -0.3 is 5.11 Å². The lowest BCUT2D eigenvalue weighted by Gasteiger charge is -2.38. The normalized spacial score (nSPS) is 29.8. The molecule has 1 rings (SSSR count). The van der Waals surface area contributed by atoms with Gasteiger partial charge in [0.25, 0.3) is 0 Å². The van der Waals surface area contributed by atoms with Gasteiger partial charge in [0, 0.05) is 0 Å². The molecule has 0 unspecified atom stereocenters. The minimum absolute atomic E-state index is 0.0131. The number of halogens is 1. The predicted molar refractivity (Wildman–Crippen MR) is 65.2 cm³/mol. The Labute approximate surface area is 95.4 Å². The molecular weight excluding hydrogens is 275 g/mol. The van der Waals surface area contributed by atoms with Crippen LogP contribution >= 0.6 is 22.6 Å². The molecule has 1 nitrogen and oxygen atoms in total. The molecule has 2 heteroatoms. The summed E-state index contributed by atoms with van der Waals surface area (Å²) in [5.74, 6) is 1.57. The first-order valence-electron chi connectivity index (χ1n) is 5.52. The van der Waals surface area contributed by atoms with Crippen molar-refractivity contribution in [2.75, 3.05) is 4.43 Å². The minimum Gasteiger partial charge on any atom is -0.393 e. The van der Waals surface area contributed by atoms with Crippen molar-refractivity contribution in [3.8, 4) is 0 Å². The smallest absolute Gasteiger partial charge is 0.0566 e. The topological polar surface area (TPSA) is 20.2 Å². The van der Waals surface area contributed by atoms with Crippen molar-refractivity contribution in [3.63, 3.8) is 0 Å². The van der Waals surface area contributed by atoms with Crippen LogP contribution in [0.2, 0.25) is 0 Å². The maximum Gasteiger partial charge on any atom is 0.0566 e. The molecule has 1 N–H and O–H groups in total. The largest absolute Gasteiger partial charge is 0.393 e. The van der Waals surface area contributed by atoms with Gasteiger partial charge in [-0.05, 0) is 41.9 Å². The van der Waals surface area contributed by atoms with E-state index in [1.54, 1.807) is 0 Å². The van der Waals surface area contributed by atoms with E-state index in [2.05, 4.69) is 29.5 Å². The van der Waals surface area contributed by atoms with Gasteiger partial charge in [-0.1, -0.05) is 42.4 Å². The number of alkyl halides is 1. The molecule has 1 atom stereocenters. The lowest BCUT2D eigenvalue weighted by Crippen LogP contribution is -2.33. The fourth-order valence-corrected chi connectivity index (χ4v) is 2.74. The van der Waals surface area contributed by atoms with E-state index in [0.29, 0.717) is 5.92 Å². The second-order valence-corrected chi connectivity index (χ2v) is 5.34. The molecule has 13 heavy (non-hydrogen) atoms. The number of hydrogen-bond donors (Lipinski definition) is 1. The van der Waals surface area contributed by atoms with Crippen molar-refractivity contribution in [2.24, 2.45) is 11.8 Å². The van der Waals surface area contributed by atoms with Crippen LogP contribution in [0.3, 0.4) is 0 Å². The van der Waals surface area contributed by atoms with Crippen molar-refractivity contribution < 1.29 is 5.11 Å². The summed E-state index contributed by atoms with van der Waals surface area (Å²) >= 11 is 2.44. The highest BCUT2D eigenvalue weighted by molar-refractivity contribution is 14.1. The fraction of sp³-hybridized carbons (Fsp3) is 1.00. The number of aliphatic hydroxyl groups is 1. The second kappa shape index (κ2) is 6.23. The van der Waals surface area contributed by atoms with E-state index < -0.39 is 0 Å². The van der Waals surface area contributed by atoms with E-state index in [4.69, 9.17) is 0 Å². The van der Waals surface area contributed by atoms with Crippen LogP contribution in [0, 0.1) is 11.8 Å². The fourth-order valence-electron chi connectivity index (χ4n) is 2.20. The first-order chi connectivity index (χ1) is 6.27. The summed E-state index contributed by atoms with van der Waals surface area (Å²) in [6.45, 7) is 2.08. The molecule has 0 aromatic rings. The first kappa shape index (κ1) is 11.8. The molecule has 0 saturated heterocycles. The number of hydrogen-bond acceptors (Lipinski definition) is 1. The van der Waals surface area contributed by atoms with E-state index in [1.807, 2.05) is 0 Å². The summed E-state index contributed by atoms with van der Waals surface area (Å²) in [7, 11) is 0. The highest BCUT2D eigenvalue weighted by Crippen LogP contribution is 2.39. The highest BCUT2D eigenvalue weighted by atomic mass is 127. The lowest BCUT2D eigenvalue weighted by atomic mass is 9.69. The molecule has 0 heterocycles. The molecule has 0 radical (unpaired) electrons. The Balaban J connectivity index is 1.98. The van der Waals surface area contributed by atoms with Gasteiger partial charge in [0.15, 0.2) is 0 Å². The molecule has 0 aromatic carbocycles. The van der Waals surface area contributed by atoms with Crippen LogP contribution in [0.1, 0.15) is 45.4 Å². The molecule has 78 valence electrons. The summed E-state index contributed by atoms with van der Waals surface area (Å²) in [4.78, 5) is 0. The van der Waals surface area contributed by atoms with Gasteiger partial charge in [-0.3, -0.25) is 0 Å². The third-order valence-electron chi connectivity index (χ3n) is 3.23. The Morgan fingerprint density at radius 3 is 2.62 bits per heavy atom. The standard InChI is InChI=1S/C11H21IO/c1-2-11(13)10-7-9(8-10)5-3-4-6-12/h9-11,13H,2-8H2,1H3/t9?,10?,11-/m0/s1. The van der Waals surface area contributed by atoms with Gasteiger partial charge in [0.2, 0.25) is 0 Å². The summed E-state index contributed by atoms with van der Waals surface area (Å²) in [6, 6.07) is 0. The van der Waals surface area contributed by atoms with Crippen LogP contribution in [0.15, 0.2) is 0 Å². The number of rotatable bonds is 6. The Kier molecular flexibility index (Phi) is 5.63. The predicted octanol–water partition coefficient (Wildman–Crippen LogP) is 3.39. The third-order valence-corrected chi connectivity index (χ3v) is 3.99. The van der Waals surface area contributed by atoms with Gasteiger partial charge in [-0.25, -0.2) is 0 Å². The highest BCUT2D eigenvalue weighted by Gasteiger charge is 2.32. The average Bonchev–Trinajstić information content (AvgIpc) is 2.08. The van der Waals surface area contributed by atoms with Gasteiger partial charge >= 0.3 is 0 Å². The van der Waals surface area contributed by atoms with Crippen LogP contribution < -0.4 is 0 Å². The van der Waals surface area contributed by atoms with E-state index in [9.17, 15) is 5.11 Å². The first-order valence-corrected chi connectivity index (χ1v) is 7.04. The van der Waals surface area contributed by atoms with Crippen molar-refractivity contribution >= 4 is 22.6 Å². The third kappa shape index (κ3) is 3.74. The Morgan fingerprint density at radius 2 is 2.08 bits per heavy atom. The van der Waals surface area contributed by atoms with E-state index in [1.165, 1.54) is 36.5 Å². The Hall–Kier alpha value is 0.690. The summed E-state index contributed by atoms with van der Waals surface area (Å²) in [5.41, 5.74) is 0. The van der Waals surface area contributed by atoms with E-state index >= 15 is 0 Å². The summed E-state index contributed by atoms with van der Waals surface area (Å²) in [6.07, 6.45) is 7.66. The summed E-state index contributed by atoms with van der Waals surface area (Å²) in [5, 5.41) is 9.57. The van der Waals surface area contributed by atoms with Crippen molar-refractivity contribution in [1.82, 2.24) is 0 Å². The second-order valence-electron chi connectivity index (χ2n) is 4.26. The SMILES string of the molecule is CC[C@H](O)C1CC(CCCCI)C1. The van der Waals surface area contributed by atoms with Crippen LogP contribution in [0.4, 0.5) is 0 Å². The van der Waals surface area contributed by atoms with Gasteiger partial charge in [-0.2, -0.15) is 0 Å². The van der Waals surface area contributed by atoms with Crippen molar-refractivity contribution in [1.29, 1.82) is 0 Å².